The van der Waals surface area contributed by atoms with Gasteiger partial charge in [-0.1, -0.05) is 72.8 Å². The quantitative estimate of drug-likeness (QED) is 0.611. The monoisotopic (exact) mass is 414 g/mol. The van der Waals surface area contributed by atoms with Crippen molar-refractivity contribution in [1.29, 1.82) is 0 Å². The van der Waals surface area contributed by atoms with Gasteiger partial charge in [-0.2, -0.15) is 0 Å². The number of hydrogen-bond acceptors (Lipinski definition) is 3. The van der Waals surface area contributed by atoms with E-state index in [0.29, 0.717) is 5.75 Å². The van der Waals surface area contributed by atoms with Gasteiger partial charge in [-0.25, -0.2) is 0 Å². The van der Waals surface area contributed by atoms with E-state index in [2.05, 4.69) is 4.90 Å². The number of nitrogens with two attached hydrogens (primary N) is 1. The Morgan fingerprint density at radius 3 is 2.06 bits per heavy atom. The van der Waals surface area contributed by atoms with E-state index in [9.17, 15) is 9.90 Å². The number of phenolic OH excluding ortho intramolecular Hbond substituents is 1. The molecule has 1 heterocycles. The molecule has 0 spiro atoms. The minimum atomic E-state index is -0.847. The van der Waals surface area contributed by atoms with Crippen LogP contribution in [0.2, 0.25) is 0 Å². The van der Waals surface area contributed by atoms with Crippen LogP contribution in [-0.2, 0) is 16.6 Å². The average Bonchev–Trinajstić information content (AvgIpc) is 2.81. The van der Waals surface area contributed by atoms with E-state index in [4.69, 9.17) is 5.73 Å². The Kier molecular flexibility index (Phi) is 6.38. The molecule has 4 rings (SSSR count). The lowest BCUT2D eigenvalue weighted by Crippen LogP contribution is -2.53. The number of likely N-dealkylation sites (tertiary alicyclic amines) is 1. The standard InChI is InChI=1S/C27H30N2O2/c28-26(31)27(22-8-3-1-4-9-22,23-10-5-2-6-11-23)24-12-7-18-29(20-24)19-17-21-13-15-25(30)16-14-21/h1-6,8-11,13-16,24,30H,7,12,17-20H2,(H2,28,31)/t24-/m0/s1. The highest BCUT2D eigenvalue weighted by Gasteiger charge is 2.48. The number of amides is 1. The van der Waals surface area contributed by atoms with Crippen LogP contribution in [0.25, 0.3) is 0 Å². The molecule has 1 aliphatic heterocycles. The first-order valence-corrected chi connectivity index (χ1v) is 11.0. The van der Waals surface area contributed by atoms with E-state index < -0.39 is 5.41 Å². The number of piperidine rings is 1. The summed E-state index contributed by atoms with van der Waals surface area (Å²) in [5.41, 5.74) is 8.51. The molecule has 4 nitrogen and oxygen atoms in total. The first-order chi connectivity index (χ1) is 15.1. The largest absolute Gasteiger partial charge is 0.508 e. The second-order valence-electron chi connectivity index (χ2n) is 8.46. The summed E-state index contributed by atoms with van der Waals surface area (Å²) < 4.78 is 0. The topological polar surface area (TPSA) is 66.6 Å². The molecule has 0 aromatic heterocycles. The van der Waals surface area contributed by atoms with Crippen molar-refractivity contribution in [2.24, 2.45) is 11.7 Å². The molecule has 1 amide bonds. The molecule has 3 aromatic carbocycles. The normalized spacial score (nSPS) is 17.4. The van der Waals surface area contributed by atoms with Crippen LogP contribution in [0.15, 0.2) is 84.9 Å². The fourth-order valence-electron chi connectivity index (χ4n) is 5.09. The van der Waals surface area contributed by atoms with E-state index in [-0.39, 0.29) is 11.8 Å². The van der Waals surface area contributed by atoms with Crippen LogP contribution < -0.4 is 5.73 Å². The number of carbonyl (C=O) groups excluding carboxylic acids is 1. The molecule has 0 saturated carbocycles. The maximum Gasteiger partial charge on any atom is 0.232 e. The average molecular weight is 415 g/mol. The van der Waals surface area contributed by atoms with Crippen molar-refractivity contribution in [3.63, 3.8) is 0 Å². The summed E-state index contributed by atoms with van der Waals surface area (Å²) in [4.78, 5) is 15.7. The molecule has 0 unspecified atom stereocenters. The third kappa shape index (κ3) is 4.35. The Morgan fingerprint density at radius 1 is 0.935 bits per heavy atom. The van der Waals surface area contributed by atoms with Crippen LogP contribution in [0.1, 0.15) is 29.5 Å². The Balaban J connectivity index is 1.63. The van der Waals surface area contributed by atoms with Gasteiger partial charge in [-0.05, 0) is 60.5 Å². The van der Waals surface area contributed by atoms with Gasteiger partial charge in [-0.15, -0.1) is 0 Å². The van der Waals surface area contributed by atoms with E-state index in [1.165, 1.54) is 5.56 Å². The maximum absolute atomic E-state index is 13.2. The highest BCUT2D eigenvalue weighted by molar-refractivity contribution is 5.91. The fraction of sp³-hybridized carbons (Fsp3) is 0.296. The van der Waals surface area contributed by atoms with Crippen molar-refractivity contribution in [2.45, 2.75) is 24.7 Å². The van der Waals surface area contributed by atoms with Gasteiger partial charge in [0.05, 0.1) is 0 Å². The van der Waals surface area contributed by atoms with Gasteiger partial charge < -0.3 is 15.7 Å². The molecule has 1 saturated heterocycles. The molecule has 1 atom stereocenters. The molecule has 0 aliphatic carbocycles. The van der Waals surface area contributed by atoms with Crippen LogP contribution in [0.4, 0.5) is 0 Å². The Bertz CT molecular complexity index is 947. The van der Waals surface area contributed by atoms with Crippen molar-refractivity contribution < 1.29 is 9.90 Å². The number of rotatable bonds is 7. The van der Waals surface area contributed by atoms with E-state index in [0.717, 1.165) is 50.0 Å². The molecule has 0 radical (unpaired) electrons. The van der Waals surface area contributed by atoms with Crippen molar-refractivity contribution in [1.82, 2.24) is 4.90 Å². The van der Waals surface area contributed by atoms with Crippen LogP contribution in [0.3, 0.4) is 0 Å². The molecule has 31 heavy (non-hydrogen) atoms. The summed E-state index contributed by atoms with van der Waals surface area (Å²) >= 11 is 0. The van der Waals surface area contributed by atoms with Gasteiger partial charge in [0.2, 0.25) is 5.91 Å². The number of carbonyl (C=O) groups is 1. The molecule has 4 heteroatoms. The van der Waals surface area contributed by atoms with Gasteiger partial charge in [0.25, 0.3) is 0 Å². The lowest BCUT2D eigenvalue weighted by atomic mass is 9.63. The van der Waals surface area contributed by atoms with E-state index >= 15 is 0 Å². The summed E-state index contributed by atoms with van der Waals surface area (Å²) in [7, 11) is 0. The third-order valence-corrected chi connectivity index (χ3v) is 6.62. The van der Waals surface area contributed by atoms with Crippen molar-refractivity contribution in [3.05, 3.63) is 102 Å². The van der Waals surface area contributed by atoms with Gasteiger partial charge in [0.15, 0.2) is 0 Å². The minimum Gasteiger partial charge on any atom is -0.508 e. The van der Waals surface area contributed by atoms with Crippen molar-refractivity contribution in [2.75, 3.05) is 19.6 Å². The first kappa shape index (κ1) is 21.1. The molecule has 0 bridgehead atoms. The predicted octanol–water partition coefficient (Wildman–Crippen LogP) is 4.12. The number of aromatic hydroxyl groups is 1. The molecule has 160 valence electrons. The van der Waals surface area contributed by atoms with Gasteiger partial charge in [-0.3, -0.25) is 4.79 Å². The number of benzene rings is 3. The Labute approximate surface area is 184 Å². The lowest BCUT2D eigenvalue weighted by Gasteiger charge is -2.44. The number of primary amides is 1. The zero-order chi connectivity index (χ0) is 21.7. The zero-order valence-electron chi connectivity index (χ0n) is 17.8. The SMILES string of the molecule is NC(=O)C(c1ccccc1)(c1ccccc1)[C@H]1CCCN(CCc2ccc(O)cc2)C1. The molecular weight excluding hydrogens is 384 g/mol. The molecule has 3 N–H and O–H groups in total. The number of hydrogen-bond donors (Lipinski definition) is 2. The Morgan fingerprint density at radius 2 is 1.52 bits per heavy atom. The van der Waals surface area contributed by atoms with Crippen molar-refractivity contribution >= 4 is 5.91 Å². The van der Waals surface area contributed by atoms with Gasteiger partial charge >= 0.3 is 0 Å². The second-order valence-corrected chi connectivity index (χ2v) is 8.46. The lowest BCUT2D eigenvalue weighted by molar-refractivity contribution is -0.124. The van der Waals surface area contributed by atoms with Crippen LogP contribution >= 0.6 is 0 Å². The smallest absolute Gasteiger partial charge is 0.232 e. The highest BCUT2D eigenvalue weighted by atomic mass is 16.3. The molecule has 1 fully saturated rings. The Hall–Kier alpha value is -3.11. The second kappa shape index (κ2) is 9.36. The summed E-state index contributed by atoms with van der Waals surface area (Å²) in [6.45, 7) is 2.76. The summed E-state index contributed by atoms with van der Waals surface area (Å²) in [5, 5.41) is 9.51. The maximum atomic E-state index is 13.2. The predicted molar refractivity (Wildman–Crippen MR) is 124 cm³/mol. The minimum absolute atomic E-state index is 0.100. The zero-order valence-corrected chi connectivity index (χ0v) is 17.8. The van der Waals surface area contributed by atoms with Crippen LogP contribution in [0, 0.1) is 5.92 Å². The summed E-state index contributed by atoms with van der Waals surface area (Å²) in [5.74, 6) is 0.109. The van der Waals surface area contributed by atoms with E-state index in [1.54, 1.807) is 12.1 Å². The van der Waals surface area contributed by atoms with E-state index in [1.807, 2.05) is 72.8 Å². The number of nitrogens with zero attached hydrogens (tertiary/aromatic N) is 1. The fourth-order valence-corrected chi connectivity index (χ4v) is 5.09. The van der Waals surface area contributed by atoms with Crippen molar-refractivity contribution in [3.8, 4) is 5.75 Å². The van der Waals surface area contributed by atoms with Crippen LogP contribution in [-0.4, -0.2) is 35.5 Å². The van der Waals surface area contributed by atoms with Crippen LogP contribution in [0.5, 0.6) is 5.75 Å². The molecule has 3 aromatic rings. The highest BCUT2D eigenvalue weighted by Crippen LogP contribution is 2.43. The summed E-state index contributed by atoms with van der Waals surface area (Å²) in [6, 6.07) is 27.5. The van der Waals surface area contributed by atoms with Gasteiger partial charge in [0.1, 0.15) is 11.2 Å². The summed E-state index contributed by atoms with van der Waals surface area (Å²) in [6.07, 6.45) is 2.91. The third-order valence-electron chi connectivity index (χ3n) is 6.62. The first-order valence-electron chi connectivity index (χ1n) is 11.0. The number of phenols is 1. The van der Waals surface area contributed by atoms with Gasteiger partial charge in [0, 0.05) is 13.1 Å². The molecular formula is C27H30N2O2. The molecule has 1 aliphatic rings.